The van der Waals surface area contributed by atoms with Crippen LogP contribution in [-0.2, 0) is 0 Å². The van der Waals surface area contributed by atoms with Crippen LogP contribution < -0.4 is 51.9 Å². The predicted octanol–water partition coefficient (Wildman–Crippen LogP) is -5.63. The van der Waals surface area contributed by atoms with Gasteiger partial charge in [-0.25, -0.2) is 0 Å². The molecule has 1 heterocycles. The zero-order chi connectivity index (χ0) is 5.98. The zero-order valence-electron chi connectivity index (χ0n) is 4.93. The molecule has 0 spiro atoms. The van der Waals surface area contributed by atoms with Crippen molar-refractivity contribution in [3.8, 4) is 0 Å². The van der Waals surface area contributed by atoms with Crippen LogP contribution in [0.15, 0.2) is 10.2 Å². The zero-order valence-corrected chi connectivity index (χ0v) is 11.2. The molecular formula is C4H4I2NaO2-. The van der Waals surface area contributed by atoms with Crippen LogP contribution in [0.25, 0.3) is 0 Å². The van der Waals surface area contributed by atoms with Crippen molar-refractivity contribution in [2.75, 3.05) is 4.43 Å². The Morgan fingerprint density at radius 1 is 1.78 bits per heavy atom. The van der Waals surface area contributed by atoms with Gasteiger partial charge in [-0.3, -0.25) is 0 Å². The Kier molecular flexibility index (Phi) is 6.33. The standard InChI is InChI=1S/C4H5I2O2.Na/c7-4(8)6-3-1-2-5-6;/h1-2H,3H2,(H,7,8);/q-1;+1/p-1. The molecule has 0 radical (unpaired) electrons. The Bertz CT molecular complexity index is 129. The molecule has 0 saturated heterocycles. The van der Waals surface area contributed by atoms with Gasteiger partial charge >= 0.3 is 91.1 Å². The van der Waals surface area contributed by atoms with E-state index in [1.807, 2.05) is 6.08 Å². The molecule has 5 heteroatoms. The predicted molar refractivity (Wildman–Crippen MR) is 33.4 cm³/mol. The maximum absolute atomic E-state index is 10.1. The maximum Gasteiger partial charge on any atom is 1.00 e. The largest absolute Gasteiger partial charge is 1.00 e. The third-order valence-electron chi connectivity index (χ3n) is 0.628. The summed E-state index contributed by atoms with van der Waals surface area (Å²) in [6.07, 6.45) is 1.99. The number of allylic oxidation sites excluding steroid dienone is 1. The second-order valence-electron chi connectivity index (χ2n) is 1.14. The smallest absolute Gasteiger partial charge is 1.00 e. The fourth-order valence-corrected chi connectivity index (χ4v) is 10.9. The topological polar surface area (TPSA) is 40.1 Å². The third-order valence-corrected chi connectivity index (χ3v) is 14.3. The van der Waals surface area contributed by atoms with Crippen LogP contribution in [0, 0.1) is 0 Å². The summed E-state index contributed by atoms with van der Waals surface area (Å²) in [6.45, 7) is 0. The molecule has 9 heavy (non-hydrogen) atoms. The number of alkyl halides is 1. The van der Waals surface area contributed by atoms with E-state index >= 15 is 0 Å². The van der Waals surface area contributed by atoms with Gasteiger partial charge in [-0.2, -0.15) is 0 Å². The maximum atomic E-state index is 10.1. The van der Waals surface area contributed by atoms with E-state index in [-0.39, 0.29) is 46.8 Å². The minimum atomic E-state index is -1.51. The van der Waals surface area contributed by atoms with E-state index in [2.05, 4.69) is 4.08 Å². The fraction of sp³-hybridized carbons (Fsp3) is 0.250. The first-order valence-electron chi connectivity index (χ1n) is 1.97. The van der Waals surface area contributed by atoms with E-state index in [0.29, 0.717) is 0 Å². The molecule has 1 aliphatic heterocycles. The molecule has 0 fully saturated rings. The Hall–Kier alpha value is 1.67. The number of hydrogen-bond donors (Lipinski definition) is 0. The van der Waals surface area contributed by atoms with Gasteiger partial charge in [0.2, 0.25) is 0 Å². The molecule has 0 atom stereocenters. The van der Waals surface area contributed by atoms with Crippen LogP contribution in [-0.4, -0.2) is 8.40 Å². The summed E-state index contributed by atoms with van der Waals surface area (Å²) < 4.78 is 2.20. The van der Waals surface area contributed by atoms with E-state index < -0.39 is 19.8 Å². The monoisotopic (exact) mass is 361 g/mol. The van der Waals surface area contributed by atoms with Crippen LogP contribution in [0.2, 0.25) is 0 Å². The van der Waals surface area contributed by atoms with Gasteiger partial charge in [-0.05, 0) is 0 Å². The average molecular weight is 361 g/mol. The SMILES string of the molecule is O=C([O-])I1CC=C[I-]1.[Na+]. The quantitative estimate of drug-likeness (QED) is 0.202. The molecule has 0 aromatic heterocycles. The van der Waals surface area contributed by atoms with Crippen LogP contribution in [0.3, 0.4) is 0 Å². The van der Waals surface area contributed by atoms with Gasteiger partial charge in [0.1, 0.15) is 0 Å². The Balaban J connectivity index is 0.000000640. The first-order valence-corrected chi connectivity index (χ1v) is 12.1. The van der Waals surface area contributed by atoms with E-state index in [4.69, 9.17) is 0 Å². The van der Waals surface area contributed by atoms with Gasteiger partial charge < -0.3 is 0 Å². The summed E-state index contributed by atoms with van der Waals surface area (Å²) in [4.78, 5) is 10.1. The molecule has 1 rings (SSSR count). The van der Waals surface area contributed by atoms with E-state index in [0.717, 1.165) is 4.43 Å². The van der Waals surface area contributed by atoms with Crippen molar-refractivity contribution in [3.63, 3.8) is 0 Å². The van der Waals surface area contributed by atoms with Crippen molar-refractivity contribution in [2.24, 2.45) is 0 Å². The summed E-state index contributed by atoms with van der Waals surface area (Å²) in [7, 11) is 0. The van der Waals surface area contributed by atoms with Gasteiger partial charge in [-0.1, -0.05) is 0 Å². The molecule has 0 bridgehead atoms. The molecule has 0 N–H and O–H groups in total. The van der Waals surface area contributed by atoms with Gasteiger partial charge in [0, 0.05) is 0 Å². The molecule has 0 saturated carbocycles. The number of carbonyl (C=O) groups is 1. The number of rotatable bonds is 1. The first-order chi connectivity index (χ1) is 3.80. The molecular weight excluding hydrogens is 357 g/mol. The number of carbonyl (C=O) groups excluding carboxylic acids is 1. The second kappa shape index (κ2) is 5.34. The normalized spacial score (nSPS) is 20.2. The van der Waals surface area contributed by atoms with Crippen molar-refractivity contribution in [3.05, 3.63) is 10.2 Å². The Labute approximate surface area is 89.4 Å². The van der Waals surface area contributed by atoms with Crippen molar-refractivity contribution in [2.45, 2.75) is 0 Å². The minimum Gasteiger partial charge on any atom is 1.00 e. The molecule has 0 aliphatic carbocycles. The molecule has 2 nitrogen and oxygen atoms in total. The van der Waals surface area contributed by atoms with Crippen molar-refractivity contribution >= 4 is 19.8 Å². The summed E-state index contributed by atoms with van der Waals surface area (Å²) in [5.41, 5.74) is 0. The van der Waals surface area contributed by atoms with Gasteiger partial charge in [-0.15, -0.1) is 0 Å². The molecule has 48 valence electrons. The van der Waals surface area contributed by atoms with Gasteiger partial charge in [0.05, 0.1) is 0 Å². The van der Waals surface area contributed by atoms with E-state index in [9.17, 15) is 9.90 Å². The number of hydrogen-bond acceptors (Lipinski definition) is 2. The first kappa shape index (κ1) is 10.7. The molecule has 0 aromatic carbocycles. The molecule has 0 aromatic rings. The molecule has 1 aliphatic rings. The van der Waals surface area contributed by atoms with Crippen LogP contribution in [0.4, 0.5) is 4.79 Å². The second-order valence-corrected chi connectivity index (χ2v) is 15.6. The van der Waals surface area contributed by atoms with Gasteiger partial charge in [0.15, 0.2) is 0 Å². The Morgan fingerprint density at radius 2 is 2.44 bits per heavy atom. The summed E-state index contributed by atoms with van der Waals surface area (Å²) in [5.74, 6) is 0. The van der Waals surface area contributed by atoms with Crippen LogP contribution in [0.5, 0.6) is 0 Å². The summed E-state index contributed by atoms with van der Waals surface area (Å²) >= 11 is -1.56. The van der Waals surface area contributed by atoms with E-state index in [1.54, 1.807) is 0 Å². The average Bonchev–Trinajstić information content (AvgIpc) is 2.12. The van der Waals surface area contributed by atoms with Crippen LogP contribution in [0.1, 0.15) is 0 Å². The van der Waals surface area contributed by atoms with Crippen molar-refractivity contribution in [1.82, 2.24) is 0 Å². The van der Waals surface area contributed by atoms with Crippen molar-refractivity contribution < 1.29 is 56.7 Å². The summed E-state index contributed by atoms with van der Waals surface area (Å²) in [6, 6.07) is 0. The van der Waals surface area contributed by atoms with Crippen molar-refractivity contribution in [1.29, 1.82) is 0 Å². The van der Waals surface area contributed by atoms with E-state index in [1.165, 1.54) is 0 Å². The van der Waals surface area contributed by atoms with Gasteiger partial charge in [0.25, 0.3) is 0 Å². The minimum absolute atomic E-state index is 0. The third kappa shape index (κ3) is 3.54. The number of carboxylic acid groups (broad SMARTS) is 1. The molecule has 0 unspecified atom stereocenters. The summed E-state index contributed by atoms with van der Waals surface area (Å²) in [5, 5.41) is 10.1. The Morgan fingerprint density at radius 3 is 2.67 bits per heavy atom. The van der Waals surface area contributed by atoms with Crippen LogP contribution >= 0.6 is 15.8 Å². The number of halogens is 2. The molecule has 0 amide bonds. The fourth-order valence-electron chi connectivity index (χ4n) is 0.333.